The van der Waals surface area contributed by atoms with Gasteiger partial charge in [-0.2, -0.15) is 0 Å². The van der Waals surface area contributed by atoms with E-state index in [1.807, 2.05) is 0 Å². The first kappa shape index (κ1) is 57.6. The molecule has 4 aliphatic carbocycles. The van der Waals surface area contributed by atoms with E-state index in [4.69, 9.17) is 52.1 Å². The Morgan fingerprint density at radius 1 is 0.632 bits per heavy atom. The molecule has 0 aromatic rings. The van der Waals surface area contributed by atoms with E-state index in [9.17, 15) is 66.1 Å². The highest BCUT2D eigenvalue weighted by Crippen LogP contribution is 2.71. The lowest BCUT2D eigenvalue weighted by Crippen LogP contribution is -2.69. The van der Waals surface area contributed by atoms with Gasteiger partial charge in [0.1, 0.15) is 85.5 Å². The third kappa shape index (κ3) is 9.95. The highest BCUT2D eigenvalue weighted by molar-refractivity contribution is 5.66. The van der Waals surface area contributed by atoms with Crippen molar-refractivity contribution in [2.45, 2.75) is 233 Å². The van der Waals surface area contributed by atoms with E-state index >= 15 is 0 Å². The third-order valence-corrected chi connectivity index (χ3v) is 19.8. The maximum atomic E-state index is 12.8. The van der Waals surface area contributed by atoms with Crippen LogP contribution in [0.15, 0.2) is 11.6 Å². The summed E-state index contributed by atoms with van der Waals surface area (Å²) in [7, 11) is 0. The van der Waals surface area contributed by atoms with Crippen molar-refractivity contribution in [3.05, 3.63) is 11.6 Å². The lowest BCUT2D eigenvalue weighted by molar-refractivity contribution is -0.412. The minimum atomic E-state index is -2.13. The van der Waals surface area contributed by atoms with E-state index in [0.29, 0.717) is 48.3 Å². The van der Waals surface area contributed by atoms with Gasteiger partial charge in [0.15, 0.2) is 43.3 Å². The Balaban J connectivity index is 0.862. The number of carbonyl (C=O) groups excluding carboxylic acids is 1. The van der Waals surface area contributed by atoms with E-state index in [1.165, 1.54) is 5.57 Å². The molecule has 6 heterocycles. The largest absolute Gasteiger partial charge is 0.454 e. The van der Waals surface area contributed by atoms with Crippen LogP contribution in [0.25, 0.3) is 0 Å². The normalized spacial score (nSPS) is 55.2. The summed E-state index contributed by atoms with van der Waals surface area (Å²) in [5.41, 5.74) is 1.33. The molecule has 434 valence electrons. The first-order valence-corrected chi connectivity index (χ1v) is 27.4. The molecule has 24 nitrogen and oxygen atoms in total. The summed E-state index contributed by atoms with van der Waals surface area (Å²) in [5, 5.41) is 129. The SMILES string of the molecule is CC(=O)O[C@H]1[C@H](O[C@H]2CC[C@@]3(C)C(=CC[C@H]4[C@@H]5C[C@@H]6O[C@]7(CC[C@H](C)CO7)[C@@H](C)[C@@H]6[C@@]5(C)CC[C@@H]43)C2)O[C@H](CO)[C@H](O[C@@H]2O[C@H](CO)[C@@H](O)[C@H](O[C@H]3O[C@@H](O)[C@H](O)[C@@H](O)[C@@H]3O)[C@H]2O[C@@H]2O[C@H](CO)[C@@H](O)[C@H](O)[C@H]2O)[C@@H]1O. The number of esters is 1. The Bertz CT molecular complexity index is 2040. The molecule has 0 unspecified atom stereocenters. The average molecular weight is 1090 g/mol. The van der Waals surface area contributed by atoms with Gasteiger partial charge in [0.25, 0.3) is 0 Å². The van der Waals surface area contributed by atoms with Gasteiger partial charge in [-0.3, -0.25) is 4.79 Å². The Labute approximate surface area is 441 Å². The van der Waals surface area contributed by atoms with Gasteiger partial charge in [-0.05, 0) is 91.8 Å². The molecule has 6 aliphatic heterocycles. The zero-order valence-electron chi connectivity index (χ0n) is 43.7. The van der Waals surface area contributed by atoms with Gasteiger partial charge >= 0.3 is 5.97 Å². The van der Waals surface area contributed by atoms with Gasteiger partial charge in [-0.1, -0.05) is 39.3 Å². The molecule has 31 atom stereocenters. The summed E-state index contributed by atoms with van der Waals surface area (Å²) in [6, 6.07) is 0. The van der Waals surface area contributed by atoms with Gasteiger partial charge < -0.3 is 113 Å². The number of fused-ring (bicyclic) bond motifs is 7. The molecule has 0 aromatic heterocycles. The molecule has 10 rings (SSSR count). The molecular weight excluding hydrogens is 1010 g/mol. The molecule has 0 aromatic carbocycles. The number of hydrogen-bond acceptors (Lipinski definition) is 24. The van der Waals surface area contributed by atoms with E-state index in [1.54, 1.807) is 0 Å². The fraction of sp³-hybridized carbons (Fsp3) is 0.942. The van der Waals surface area contributed by atoms with Crippen molar-refractivity contribution in [2.24, 2.45) is 46.3 Å². The van der Waals surface area contributed by atoms with Gasteiger partial charge in [0.2, 0.25) is 0 Å². The lowest BCUT2D eigenvalue weighted by atomic mass is 9.47. The number of ether oxygens (including phenoxy) is 11. The van der Waals surface area contributed by atoms with Crippen LogP contribution in [0, 0.1) is 46.3 Å². The van der Waals surface area contributed by atoms with Crippen LogP contribution in [-0.4, -0.2) is 235 Å². The fourth-order valence-corrected chi connectivity index (χ4v) is 15.6. The Hall–Kier alpha value is -1.67. The summed E-state index contributed by atoms with van der Waals surface area (Å²) in [6.07, 6.45) is -27.0. The number of rotatable bonds is 12. The monoisotopic (exact) mass is 1090 g/mol. The van der Waals surface area contributed by atoms with Crippen LogP contribution in [0.1, 0.15) is 92.4 Å². The van der Waals surface area contributed by atoms with Gasteiger partial charge in [-0.25, -0.2) is 0 Å². The first-order valence-electron chi connectivity index (χ1n) is 27.4. The van der Waals surface area contributed by atoms with Crippen LogP contribution >= 0.6 is 0 Å². The molecule has 10 aliphatic rings. The van der Waals surface area contributed by atoms with Crippen LogP contribution in [0.2, 0.25) is 0 Å². The smallest absolute Gasteiger partial charge is 0.303 e. The van der Waals surface area contributed by atoms with Crippen molar-refractivity contribution in [2.75, 3.05) is 26.4 Å². The fourth-order valence-electron chi connectivity index (χ4n) is 15.6. The molecule has 76 heavy (non-hydrogen) atoms. The number of aliphatic hydroxyl groups is 12. The van der Waals surface area contributed by atoms with Crippen LogP contribution in [0.3, 0.4) is 0 Å². The standard InChI is InChI=1S/C52H82O24/c1-20-8-13-52(66-19-20)21(2)32-28(76-52)15-27-25-7-6-23-14-24(9-11-50(23,4)26(25)10-12-51(27,32)5)68-48-43(67-22(3)56)40(64)41(31(18-55)71-48)72-49-44(74-46-38(62)35(59)33(57)29(16-53)69-46)42(34(58)30(17-54)70-49)73-47-39(63)36(60)37(61)45(65)75-47/h6,20-21,24-49,53-55,57-65H,7-19H2,1-5H3/t20-,21-,24-,25+,26-,27-,28-,29+,30+,31+,32-,33+,34+,35-,36+,37+,38+,39-,40-,41-,42-,43+,44+,45+,46-,47-,48+,49-,50-,51-,52+/m0/s1. The molecular formula is C52H82O24. The summed E-state index contributed by atoms with van der Waals surface area (Å²) in [4.78, 5) is 12.8. The molecule has 24 heteroatoms. The molecule has 6 saturated heterocycles. The van der Waals surface area contributed by atoms with Crippen LogP contribution in [0.4, 0.5) is 0 Å². The van der Waals surface area contributed by atoms with Gasteiger partial charge in [0, 0.05) is 19.3 Å². The highest BCUT2D eigenvalue weighted by Gasteiger charge is 2.69. The second kappa shape index (κ2) is 22.2. The Kier molecular flexibility index (Phi) is 16.8. The van der Waals surface area contributed by atoms with E-state index < -0.39 is 161 Å². The van der Waals surface area contributed by atoms with Crippen molar-refractivity contribution < 1.29 is 118 Å². The van der Waals surface area contributed by atoms with E-state index in [2.05, 4.69) is 33.8 Å². The van der Waals surface area contributed by atoms with Crippen molar-refractivity contribution in [3.63, 3.8) is 0 Å². The average Bonchev–Trinajstić information content (AvgIpc) is 3.84. The second-order valence-corrected chi connectivity index (χ2v) is 24.2. The Morgan fingerprint density at radius 2 is 1.25 bits per heavy atom. The lowest BCUT2D eigenvalue weighted by Gasteiger charge is -2.58. The maximum absolute atomic E-state index is 12.8. The minimum Gasteiger partial charge on any atom is -0.454 e. The van der Waals surface area contributed by atoms with Gasteiger partial charge in [-0.15, -0.1) is 0 Å². The van der Waals surface area contributed by atoms with Crippen molar-refractivity contribution in [1.82, 2.24) is 0 Å². The minimum absolute atomic E-state index is 0.0925. The van der Waals surface area contributed by atoms with Crippen molar-refractivity contribution in [3.8, 4) is 0 Å². The Morgan fingerprint density at radius 3 is 1.92 bits per heavy atom. The van der Waals surface area contributed by atoms with Crippen LogP contribution in [0.5, 0.6) is 0 Å². The maximum Gasteiger partial charge on any atom is 0.303 e. The van der Waals surface area contributed by atoms with E-state index in [0.717, 1.165) is 58.5 Å². The van der Waals surface area contributed by atoms with Crippen molar-refractivity contribution >= 4 is 5.97 Å². The molecule has 0 amide bonds. The topological polar surface area (TPSA) is 361 Å². The number of carbonyl (C=O) groups is 1. The summed E-state index contributed by atoms with van der Waals surface area (Å²) in [5.74, 6) is 1.46. The molecule has 0 radical (unpaired) electrons. The molecule has 9 fully saturated rings. The molecule has 12 N–H and O–H groups in total. The molecule has 3 saturated carbocycles. The first-order chi connectivity index (χ1) is 36.1. The van der Waals surface area contributed by atoms with Crippen LogP contribution < -0.4 is 0 Å². The summed E-state index contributed by atoms with van der Waals surface area (Å²) < 4.78 is 67.2. The van der Waals surface area contributed by atoms with Gasteiger partial charge in [0.05, 0.1) is 38.6 Å². The number of hydrogen-bond donors (Lipinski definition) is 12. The summed E-state index contributed by atoms with van der Waals surface area (Å²) >= 11 is 0. The summed E-state index contributed by atoms with van der Waals surface area (Å²) in [6.45, 7) is 8.68. The zero-order valence-corrected chi connectivity index (χ0v) is 43.7. The van der Waals surface area contributed by atoms with Crippen LogP contribution in [-0.2, 0) is 56.9 Å². The predicted molar refractivity (Wildman–Crippen MR) is 253 cm³/mol. The third-order valence-electron chi connectivity index (χ3n) is 19.8. The predicted octanol–water partition coefficient (Wildman–Crippen LogP) is -2.46. The number of aliphatic hydroxyl groups excluding tert-OH is 12. The molecule has 1 spiro atoms. The second-order valence-electron chi connectivity index (χ2n) is 24.2. The highest BCUT2D eigenvalue weighted by atomic mass is 16.8. The molecule has 0 bridgehead atoms. The van der Waals surface area contributed by atoms with Crippen molar-refractivity contribution in [1.29, 1.82) is 0 Å². The quantitative estimate of drug-likeness (QED) is 0.0712. The van der Waals surface area contributed by atoms with E-state index in [-0.39, 0.29) is 16.9 Å². The zero-order chi connectivity index (χ0) is 54.5. The number of allylic oxidation sites excluding steroid dienone is 1.